The molecular weight excluding hydrogens is 275 g/mol. The lowest BCUT2D eigenvalue weighted by Crippen LogP contribution is -2.20. The lowest BCUT2D eigenvalue weighted by atomic mass is 10.2. The average Bonchev–Trinajstić information content (AvgIpc) is 2.16. The number of halogens is 7. The second kappa shape index (κ2) is 4.42. The van der Waals surface area contributed by atoms with Crippen LogP contribution in [-0.2, 0) is 6.18 Å². The van der Waals surface area contributed by atoms with Crippen LogP contribution in [0.25, 0.3) is 0 Å². The first-order chi connectivity index (χ1) is 8.04. The number of pyridine rings is 1. The van der Waals surface area contributed by atoms with E-state index < -0.39 is 41.8 Å². The summed E-state index contributed by atoms with van der Waals surface area (Å²) in [6.07, 6.45) is -11.0. The zero-order chi connectivity index (χ0) is 14.1. The van der Waals surface area contributed by atoms with Gasteiger partial charge < -0.3 is 4.74 Å². The first kappa shape index (κ1) is 14.2. The van der Waals surface area contributed by atoms with Crippen LogP contribution in [-0.4, -0.2) is 17.6 Å². The first-order valence-corrected chi connectivity index (χ1v) is 4.03. The van der Waals surface area contributed by atoms with E-state index in [0.29, 0.717) is 0 Å². The molecule has 0 bridgehead atoms. The zero-order valence-corrected chi connectivity index (χ0v) is 8.06. The Hall–Kier alpha value is -1.87. The number of aldehydes is 1. The smallest absolute Gasteiger partial charge is 0.388 e. The van der Waals surface area contributed by atoms with E-state index >= 15 is 0 Å². The van der Waals surface area contributed by atoms with Crippen LogP contribution in [0.4, 0.5) is 30.7 Å². The molecule has 1 heterocycles. The van der Waals surface area contributed by atoms with Crippen molar-refractivity contribution in [1.82, 2.24) is 4.98 Å². The molecule has 1 aromatic heterocycles. The van der Waals surface area contributed by atoms with E-state index in [4.69, 9.17) is 0 Å². The Morgan fingerprint density at radius 1 is 1.17 bits per heavy atom. The van der Waals surface area contributed by atoms with Crippen molar-refractivity contribution in [1.29, 1.82) is 0 Å². The lowest BCUT2D eigenvalue weighted by molar-refractivity contribution is -0.276. The van der Waals surface area contributed by atoms with Gasteiger partial charge in [0.15, 0.2) is 12.1 Å². The highest BCUT2D eigenvalue weighted by Crippen LogP contribution is 2.34. The summed E-state index contributed by atoms with van der Waals surface area (Å²) in [6.45, 7) is 0. The Kier molecular flexibility index (Phi) is 3.49. The molecule has 0 aliphatic carbocycles. The molecule has 0 N–H and O–H groups in total. The van der Waals surface area contributed by atoms with Gasteiger partial charge in [-0.3, -0.25) is 4.79 Å². The fourth-order valence-electron chi connectivity index (χ4n) is 0.980. The van der Waals surface area contributed by atoms with Crippen LogP contribution < -0.4 is 4.74 Å². The fraction of sp³-hybridized carbons (Fsp3) is 0.250. The molecule has 0 unspecified atom stereocenters. The number of carbonyl (C=O) groups is 1. The topological polar surface area (TPSA) is 39.2 Å². The van der Waals surface area contributed by atoms with E-state index in [1.165, 1.54) is 0 Å². The number of alkyl halides is 6. The fourth-order valence-corrected chi connectivity index (χ4v) is 0.980. The van der Waals surface area contributed by atoms with Crippen molar-refractivity contribution >= 4 is 6.29 Å². The van der Waals surface area contributed by atoms with E-state index in [2.05, 4.69) is 9.72 Å². The van der Waals surface area contributed by atoms with Crippen molar-refractivity contribution in [2.75, 3.05) is 0 Å². The van der Waals surface area contributed by atoms with E-state index in [-0.39, 0.29) is 6.07 Å². The minimum atomic E-state index is -5.31. The van der Waals surface area contributed by atoms with Gasteiger partial charge in [0.05, 0.1) is 5.56 Å². The standard InChI is InChI=1S/C8H2F7NO2/c9-6-3(7(10,11)12)1-5(16-4(6)2-17)18-8(13,14)15/h1-2H. The van der Waals surface area contributed by atoms with Crippen molar-refractivity contribution < 1.29 is 40.3 Å². The van der Waals surface area contributed by atoms with Gasteiger partial charge in [0, 0.05) is 6.07 Å². The molecule has 18 heavy (non-hydrogen) atoms. The highest BCUT2D eigenvalue weighted by Gasteiger charge is 2.38. The van der Waals surface area contributed by atoms with E-state index in [1.807, 2.05) is 0 Å². The molecule has 0 aromatic carbocycles. The molecule has 0 radical (unpaired) electrons. The SMILES string of the molecule is O=Cc1nc(OC(F)(F)F)cc(C(F)(F)F)c1F. The van der Waals surface area contributed by atoms with Gasteiger partial charge in [-0.25, -0.2) is 9.37 Å². The number of rotatable bonds is 2. The van der Waals surface area contributed by atoms with Crippen molar-refractivity contribution in [2.45, 2.75) is 12.5 Å². The summed E-state index contributed by atoms with van der Waals surface area (Å²) in [5.41, 5.74) is -3.50. The highest BCUT2D eigenvalue weighted by atomic mass is 19.4. The number of nitrogens with zero attached hydrogens (tertiary/aromatic N) is 1. The monoisotopic (exact) mass is 277 g/mol. The van der Waals surface area contributed by atoms with Gasteiger partial charge in [-0.1, -0.05) is 0 Å². The van der Waals surface area contributed by atoms with E-state index in [1.54, 1.807) is 0 Å². The van der Waals surface area contributed by atoms with Crippen LogP contribution in [0, 0.1) is 5.82 Å². The quantitative estimate of drug-likeness (QED) is 0.616. The molecule has 0 fully saturated rings. The Morgan fingerprint density at radius 3 is 2.11 bits per heavy atom. The number of carbonyl (C=O) groups excluding carboxylic acids is 1. The summed E-state index contributed by atoms with van der Waals surface area (Å²) in [6, 6.07) is -0.282. The molecule has 0 amide bonds. The number of hydrogen-bond donors (Lipinski definition) is 0. The van der Waals surface area contributed by atoms with Gasteiger partial charge >= 0.3 is 12.5 Å². The molecule has 1 aromatic rings. The minimum Gasteiger partial charge on any atom is -0.388 e. The van der Waals surface area contributed by atoms with Crippen molar-refractivity contribution in [3.05, 3.63) is 23.1 Å². The minimum absolute atomic E-state index is 0.282. The lowest BCUT2D eigenvalue weighted by Gasteiger charge is -2.12. The van der Waals surface area contributed by atoms with E-state index in [0.717, 1.165) is 0 Å². The molecule has 3 nitrogen and oxygen atoms in total. The van der Waals surface area contributed by atoms with E-state index in [9.17, 15) is 35.5 Å². The van der Waals surface area contributed by atoms with Crippen molar-refractivity contribution in [3.63, 3.8) is 0 Å². The molecular formula is C8H2F7NO2. The first-order valence-electron chi connectivity index (χ1n) is 4.03. The molecule has 100 valence electrons. The normalized spacial score (nSPS) is 12.4. The van der Waals surface area contributed by atoms with Gasteiger partial charge in [-0.05, 0) is 0 Å². The summed E-state index contributed by atoms with van der Waals surface area (Å²) in [7, 11) is 0. The second-order valence-electron chi connectivity index (χ2n) is 2.87. The Balaban J connectivity index is 3.36. The van der Waals surface area contributed by atoms with Gasteiger partial charge in [-0.15, -0.1) is 13.2 Å². The van der Waals surface area contributed by atoms with Crippen LogP contribution in [0.5, 0.6) is 5.88 Å². The largest absolute Gasteiger partial charge is 0.574 e. The third-order valence-electron chi connectivity index (χ3n) is 1.60. The van der Waals surface area contributed by atoms with Crippen LogP contribution >= 0.6 is 0 Å². The molecule has 0 atom stereocenters. The van der Waals surface area contributed by atoms with Crippen LogP contribution in [0.1, 0.15) is 16.1 Å². The molecule has 0 saturated carbocycles. The Bertz CT molecular complexity index is 466. The summed E-state index contributed by atoms with van der Waals surface area (Å²) in [5, 5.41) is 0. The van der Waals surface area contributed by atoms with Crippen LogP contribution in [0.3, 0.4) is 0 Å². The third kappa shape index (κ3) is 3.31. The van der Waals surface area contributed by atoms with Gasteiger partial charge in [0.25, 0.3) is 0 Å². The number of hydrogen-bond acceptors (Lipinski definition) is 3. The molecule has 0 aliphatic rings. The molecule has 10 heteroatoms. The van der Waals surface area contributed by atoms with Crippen molar-refractivity contribution in [2.24, 2.45) is 0 Å². The molecule has 0 aliphatic heterocycles. The molecule has 1 rings (SSSR count). The van der Waals surface area contributed by atoms with Gasteiger partial charge in [-0.2, -0.15) is 13.2 Å². The summed E-state index contributed by atoms with van der Waals surface area (Å²) in [5.74, 6) is -3.63. The molecule has 0 spiro atoms. The second-order valence-corrected chi connectivity index (χ2v) is 2.87. The maximum absolute atomic E-state index is 13.0. The Labute approximate surface area is 94.2 Å². The predicted molar refractivity (Wildman–Crippen MR) is 41.3 cm³/mol. The molecule has 0 saturated heterocycles. The number of aromatic nitrogens is 1. The zero-order valence-electron chi connectivity index (χ0n) is 8.06. The average molecular weight is 277 g/mol. The summed E-state index contributed by atoms with van der Waals surface area (Å²) in [4.78, 5) is 12.9. The van der Waals surface area contributed by atoms with Gasteiger partial charge in [0.2, 0.25) is 5.88 Å². The van der Waals surface area contributed by atoms with Gasteiger partial charge in [0.1, 0.15) is 5.69 Å². The maximum atomic E-state index is 13.0. The maximum Gasteiger partial charge on any atom is 0.574 e. The number of ether oxygens (including phenoxy) is 1. The third-order valence-corrected chi connectivity index (χ3v) is 1.60. The Morgan fingerprint density at radius 2 is 1.72 bits per heavy atom. The summed E-state index contributed by atoms with van der Waals surface area (Å²) >= 11 is 0. The van der Waals surface area contributed by atoms with Crippen molar-refractivity contribution in [3.8, 4) is 5.88 Å². The highest BCUT2D eigenvalue weighted by molar-refractivity contribution is 5.73. The van der Waals surface area contributed by atoms with Crippen LogP contribution in [0.15, 0.2) is 6.07 Å². The van der Waals surface area contributed by atoms with Crippen LogP contribution in [0.2, 0.25) is 0 Å². The predicted octanol–water partition coefficient (Wildman–Crippen LogP) is 2.95. The summed E-state index contributed by atoms with van der Waals surface area (Å²) < 4.78 is 88.2.